The maximum absolute atomic E-state index is 8.64. The van der Waals surface area contributed by atoms with Crippen LogP contribution in [0.1, 0.15) is 13.8 Å². The van der Waals surface area contributed by atoms with Crippen LogP contribution in [0, 0.1) is 5.92 Å². The summed E-state index contributed by atoms with van der Waals surface area (Å²) in [6, 6.07) is -0.0324. The van der Waals surface area contributed by atoms with E-state index in [-0.39, 0.29) is 18.4 Å². The minimum Gasteiger partial charge on any atom is -0.352 e. The Morgan fingerprint density at radius 3 is 2.20 bits per heavy atom. The first-order valence-corrected chi connectivity index (χ1v) is 3.47. The van der Waals surface area contributed by atoms with Gasteiger partial charge >= 0.3 is 0 Å². The fraction of sp³-hybridized carbons (Fsp3) is 1.00. The molecule has 4 N–H and O–H groups in total. The molecule has 0 amide bonds. The van der Waals surface area contributed by atoms with Crippen molar-refractivity contribution in [3.63, 3.8) is 0 Å². The molecule has 4 nitrogen and oxygen atoms in total. The lowest BCUT2D eigenvalue weighted by atomic mass is 10.0. The Labute approximate surface area is 60.3 Å². The van der Waals surface area contributed by atoms with E-state index < -0.39 is 0 Å². The SMILES string of the molecule is CC(C)[C@H](NO)C1OC1N. The molecule has 1 fully saturated rings. The van der Waals surface area contributed by atoms with E-state index in [9.17, 15) is 0 Å². The third-order valence-corrected chi connectivity index (χ3v) is 1.78. The number of nitrogens with one attached hydrogen (secondary N) is 1. The van der Waals surface area contributed by atoms with Gasteiger partial charge in [0.2, 0.25) is 0 Å². The molecule has 1 saturated heterocycles. The molecule has 1 heterocycles. The summed E-state index contributed by atoms with van der Waals surface area (Å²) in [6.45, 7) is 4.00. The predicted molar refractivity (Wildman–Crippen MR) is 36.4 cm³/mol. The highest BCUT2D eigenvalue weighted by molar-refractivity contribution is 4.90. The zero-order valence-electron chi connectivity index (χ0n) is 6.24. The molecule has 0 spiro atoms. The maximum Gasteiger partial charge on any atom is 0.134 e. The van der Waals surface area contributed by atoms with E-state index in [1.165, 1.54) is 0 Å². The molecule has 10 heavy (non-hydrogen) atoms. The van der Waals surface area contributed by atoms with Crippen LogP contribution in [-0.2, 0) is 4.74 Å². The van der Waals surface area contributed by atoms with Crippen molar-refractivity contribution in [2.45, 2.75) is 32.2 Å². The van der Waals surface area contributed by atoms with Crippen molar-refractivity contribution in [2.75, 3.05) is 0 Å². The van der Waals surface area contributed by atoms with Crippen molar-refractivity contribution in [1.82, 2.24) is 5.48 Å². The van der Waals surface area contributed by atoms with Crippen molar-refractivity contribution < 1.29 is 9.94 Å². The molecule has 1 aliphatic rings. The summed E-state index contributed by atoms with van der Waals surface area (Å²) in [4.78, 5) is 0. The second-order valence-corrected chi connectivity index (χ2v) is 2.96. The molecule has 0 aliphatic carbocycles. The van der Waals surface area contributed by atoms with E-state index in [1.54, 1.807) is 0 Å². The van der Waals surface area contributed by atoms with Crippen LogP contribution in [0.5, 0.6) is 0 Å². The zero-order chi connectivity index (χ0) is 7.72. The van der Waals surface area contributed by atoms with E-state index in [1.807, 2.05) is 13.8 Å². The van der Waals surface area contributed by atoms with Crippen molar-refractivity contribution in [3.05, 3.63) is 0 Å². The first-order chi connectivity index (χ1) is 4.66. The van der Waals surface area contributed by atoms with Crippen molar-refractivity contribution in [3.8, 4) is 0 Å². The molecule has 0 radical (unpaired) electrons. The molecule has 0 aromatic rings. The van der Waals surface area contributed by atoms with E-state index in [2.05, 4.69) is 5.48 Å². The lowest BCUT2D eigenvalue weighted by Crippen LogP contribution is -2.38. The summed E-state index contributed by atoms with van der Waals surface area (Å²) in [5.41, 5.74) is 7.60. The van der Waals surface area contributed by atoms with Crippen LogP contribution < -0.4 is 11.2 Å². The monoisotopic (exact) mass is 146 g/mol. The van der Waals surface area contributed by atoms with Gasteiger partial charge in [0, 0.05) is 0 Å². The summed E-state index contributed by atoms with van der Waals surface area (Å²) in [7, 11) is 0. The van der Waals surface area contributed by atoms with Crippen LogP contribution >= 0.6 is 0 Å². The second kappa shape index (κ2) is 2.84. The molecule has 0 aromatic carbocycles. The van der Waals surface area contributed by atoms with Gasteiger partial charge in [0.15, 0.2) is 0 Å². The minimum atomic E-state index is -0.188. The van der Waals surface area contributed by atoms with Gasteiger partial charge in [-0.1, -0.05) is 13.8 Å². The highest BCUT2D eigenvalue weighted by Gasteiger charge is 2.43. The first kappa shape index (κ1) is 7.94. The third-order valence-electron chi connectivity index (χ3n) is 1.78. The Balaban J connectivity index is 2.34. The molecule has 1 aliphatic heterocycles. The summed E-state index contributed by atoms with van der Waals surface area (Å²) in [5.74, 6) is 0.337. The summed E-state index contributed by atoms with van der Waals surface area (Å²) in [6.07, 6.45) is -0.197. The molecule has 2 unspecified atom stereocenters. The number of rotatable bonds is 3. The molecule has 0 saturated carbocycles. The van der Waals surface area contributed by atoms with E-state index in [0.717, 1.165) is 0 Å². The van der Waals surface area contributed by atoms with Gasteiger partial charge in [-0.15, -0.1) is 0 Å². The molecule has 3 atom stereocenters. The molecule has 60 valence electrons. The number of hydrogen-bond donors (Lipinski definition) is 3. The maximum atomic E-state index is 8.64. The Bertz CT molecular complexity index is 118. The largest absolute Gasteiger partial charge is 0.352 e. The lowest BCUT2D eigenvalue weighted by molar-refractivity contribution is 0.0883. The van der Waals surface area contributed by atoms with Gasteiger partial charge < -0.3 is 15.7 Å². The van der Waals surface area contributed by atoms with Gasteiger partial charge in [-0.05, 0) is 5.92 Å². The van der Waals surface area contributed by atoms with Crippen LogP contribution in [0.4, 0.5) is 0 Å². The normalized spacial score (nSPS) is 34.5. The van der Waals surface area contributed by atoms with Gasteiger partial charge in [0.25, 0.3) is 0 Å². The highest BCUT2D eigenvalue weighted by atomic mass is 16.6. The second-order valence-electron chi connectivity index (χ2n) is 2.96. The fourth-order valence-electron chi connectivity index (χ4n) is 1.03. The molecule has 0 aromatic heterocycles. The van der Waals surface area contributed by atoms with Crippen LogP contribution in [0.3, 0.4) is 0 Å². The smallest absolute Gasteiger partial charge is 0.134 e. The number of epoxide rings is 1. The van der Waals surface area contributed by atoms with Crippen molar-refractivity contribution in [2.24, 2.45) is 11.7 Å². The topological polar surface area (TPSA) is 70.8 Å². The molecule has 1 rings (SSSR count). The average Bonchev–Trinajstić information content (AvgIpc) is 2.48. The molecule has 4 heteroatoms. The Kier molecular flexibility index (Phi) is 2.25. The Morgan fingerprint density at radius 2 is 2.10 bits per heavy atom. The number of ether oxygens (including phenoxy) is 1. The first-order valence-electron chi connectivity index (χ1n) is 3.47. The van der Waals surface area contributed by atoms with Crippen LogP contribution in [0.2, 0.25) is 0 Å². The third kappa shape index (κ3) is 1.46. The fourth-order valence-corrected chi connectivity index (χ4v) is 1.03. The van der Waals surface area contributed by atoms with Crippen molar-refractivity contribution in [1.29, 1.82) is 0 Å². The standard InChI is InChI=1S/C6H14N2O2/c1-3(2)4(8-9)5-6(7)10-5/h3-6,8-9H,7H2,1-2H3/t4-,5?,6?/m0/s1. The van der Waals surface area contributed by atoms with Gasteiger partial charge in [-0.25, -0.2) is 0 Å². The highest BCUT2D eigenvalue weighted by Crippen LogP contribution is 2.24. The Hall–Kier alpha value is -0.160. The van der Waals surface area contributed by atoms with E-state index >= 15 is 0 Å². The minimum absolute atomic E-state index is 0.00926. The van der Waals surface area contributed by atoms with Gasteiger partial charge in [-0.3, -0.25) is 0 Å². The average molecular weight is 146 g/mol. The van der Waals surface area contributed by atoms with Gasteiger partial charge in [0.05, 0.1) is 6.04 Å². The van der Waals surface area contributed by atoms with Crippen molar-refractivity contribution >= 4 is 0 Å². The van der Waals surface area contributed by atoms with Crippen LogP contribution in [0.25, 0.3) is 0 Å². The number of nitrogens with two attached hydrogens (primary N) is 1. The summed E-state index contributed by atoms with van der Waals surface area (Å²) in [5, 5.41) is 8.64. The van der Waals surface area contributed by atoms with Gasteiger partial charge in [0.1, 0.15) is 12.3 Å². The summed E-state index contributed by atoms with van der Waals surface area (Å²) < 4.78 is 4.99. The number of hydrogen-bond acceptors (Lipinski definition) is 4. The van der Waals surface area contributed by atoms with Gasteiger partial charge in [-0.2, -0.15) is 5.48 Å². The number of hydroxylamine groups is 1. The predicted octanol–water partition coefficient (Wildman–Crippen LogP) is -0.327. The summed E-state index contributed by atoms with van der Waals surface area (Å²) >= 11 is 0. The zero-order valence-corrected chi connectivity index (χ0v) is 6.24. The van der Waals surface area contributed by atoms with E-state index in [0.29, 0.717) is 5.92 Å². The quantitative estimate of drug-likeness (QED) is 0.377. The Morgan fingerprint density at radius 1 is 1.60 bits per heavy atom. The molecular weight excluding hydrogens is 132 g/mol. The van der Waals surface area contributed by atoms with Crippen LogP contribution in [-0.4, -0.2) is 23.6 Å². The molecular formula is C6H14N2O2. The lowest BCUT2D eigenvalue weighted by Gasteiger charge is -2.15. The molecule has 0 bridgehead atoms. The van der Waals surface area contributed by atoms with E-state index in [4.69, 9.17) is 15.7 Å². The van der Waals surface area contributed by atoms with Crippen LogP contribution in [0.15, 0.2) is 0 Å².